The molecular formula is C14H21N3OS. The predicted molar refractivity (Wildman–Crippen MR) is 80.1 cm³/mol. The fourth-order valence-electron chi connectivity index (χ4n) is 1.89. The molecule has 0 unspecified atom stereocenters. The highest BCUT2D eigenvalue weighted by atomic mass is 32.1. The largest absolute Gasteiger partial charge is 0.477 e. The number of ether oxygens (including phenoxy) is 1. The van der Waals surface area contributed by atoms with E-state index >= 15 is 0 Å². The highest BCUT2D eigenvalue weighted by molar-refractivity contribution is 7.18. The third-order valence-corrected chi connectivity index (χ3v) is 4.16. The maximum absolute atomic E-state index is 5.81. The summed E-state index contributed by atoms with van der Waals surface area (Å²) < 4.78 is 5.81. The molecule has 2 aromatic rings. The van der Waals surface area contributed by atoms with Gasteiger partial charge in [-0.15, -0.1) is 11.3 Å². The van der Waals surface area contributed by atoms with Gasteiger partial charge in [0.05, 0.1) is 12.0 Å². The molecule has 5 heteroatoms. The highest BCUT2D eigenvalue weighted by Crippen LogP contribution is 2.33. The Kier molecular flexibility index (Phi) is 4.71. The van der Waals surface area contributed by atoms with E-state index in [0.717, 1.165) is 29.1 Å². The summed E-state index contributed by atoms with van der Waals surface area (Å²) in [6.45, 7) is 10.1. The molecule has 2 aromatic heterocycles. The maximum Gasteiger partial charge on any atom is 0.225 e. The fourth-order valence-corrected chi connectivity index (χ4v) is 2.88. The molecule has 0 aliphatic carbocycles. The minimum atomic E-state index is 0.521. The van der Waals surface area contributed by atoms with E-state index in [-0.39, 0.29) is 0 Å². The average molecular weight is 279 g/mol. The standard InChI is InChI=1S/C14H21N3OS/c1-9(2)15-6-5-7-18-13-12-10(3)11(4)19-14(12)17-8-16-13/h8-9,15H,5-7H2,1-4H3. The first-order valence-corrected chi connectivity index (χ1v) is 7.48. The normalized spacial score (nSPS) is 11.4. The Labute approximate surface area is 118 Å². The van der Waals surface area contributed by atoms with Gasteiger partial charge in [-0.3, -0.25) is 0 Å². The van der Waals surface area contributed by atoms with Crippen molar-refractivity contribution >= 4 is 21.6 Å². The van der Waals surface area contributed by atoms with Crippen LogP contribution in [0.4, 0.5) is 0 Å². The summed E-state index contributed by atoms with van der Waals surface area (Å²) in [5.41, 5.74) is 1.23. The molecule has 2 rings (SSSR count). The van der Waals surface area contributed by atoms with Crippen LogP contribution in [0.1, 0.15) is 30.7 Å². The van der Waals surface area contributed by atoms with Crippen molar-refractivity contribution in [3.05, 3.63) is 16.8 Å². The first-order chi connectivity index (χ1) is 9.09. The molecule has 19 heavy (non-hydrogen) atoms. The topological polar surface area (TPSA) is 47.0 Å². The Bertz CT molecular complexity index is 551. The Hall–Kier alpha value is -1.20. The van der Waals surface area contributed by atoms with Gasteiger partial charge in [0.15, 0.2) is 0 Å². The SMILES string of the molecule is Cc1sc2ncnc(OCCCNC(C)C)c2c1C. The Morgan fingerprint density at radius 3 is 2.84 bits per heavy atom. The van der Waals surface area contributed by atoms with Gasteiger partial charge in [0.2, 0.25) is 5.88 Å². The molecule has 0 spiro atoms. The first kappa shape index (κ1) is 14.2. The van der Waals surface area contributed by atoms with Crippen LogP contribution in [0.3, 0.4) is 0 Å². The highest BCUT2D eigenvalue weighted by Gasteiger charge is 2.12. The summed E-state index contributed by atoms with van der Waals surface area (Å²) in [6.07, 6.45) is 2.56. The fraction of sp³-hybridized carbons (Fsp3) is 0.571. The number of hydrogen-bond acceptors (Lipinski definition) is 5. The molecule has 2 heterocycles. The Morgan fingerprint density at radius 2 is 2.11 bits per heavy atom. The predicted octanol–water partition coefficient (Wildman–Crippen LogP) is 3.08. The van der Waals surface area contributed by atoms with Gasteiger partial charge in [-0.05, 0) is 32.4 Å². The van der Waals surface area contributed by atoms with Gasteiger partial charge in [-0.1, -0.05) is 13.8 Å². The molecule has 0 amide bonds. The summed E-state index contributed by atoms with van der Waals surface area (Å²) in [5.74, 6) is 0.719. The van der Waals surface area contributed by atoms with E-state index in [1.807, 2.05) is 0 Å². The van der Waals surface area contributed by atoms with E-state index in [1.54, 1.807) is 17.7 Å². The van der Waals surface area contributed by atoms with Crippen molar-refractivity contribution in [3.63, 3.8) is 0 Å². The van der Waals surface area contributed by atoms with Crippen molar-refractivity contribution in [2.75, 3.05) is 13.2 Å². The van der Waals surface area contributed by atoms with Gasteiger partial charge in [0.25, 0.3) is 0 Å². The van der Waals surface area contributed by atoms with Crippen molar-refractivity contribution in [1.82, 2.24) is 15.3 Å². The van der Waals surface area contributed by atoms with Crippen molar-refractivity contribution in [2.24, 2.45) is 0 Å². The third-order valence-electron chi connectivity index (χ3n) is 3.04. The van der Waals surface area contributed by atoms with Crippen molar-refractivity contribution in [2.45, 2.75) is 40.2 Å². The zero-order valence-electron chi connectivity index (χ0n) is 12.0. The molecule has 0 bridgehead atoms. The number of hydrogen-bond donors (Lipinski definition) is 1. The van der Waals surface area contributed by atoms with Crippen LogP contribution in [-0.2, 0) is 0 Å². The minimum absolute atomic E-state index is 0.521. The number of rotatable bonds is 6. The lowest BCUT2D eigenvalue weighted by molar-refractivity contribution is 0.298. The number of nitrogens with one attached hydrogen (secondary N) is 1. The van der Waals surface area contributed by atoms with Crippen LogP contribution in [-0.4, -0.2) is 29.2 Å². The van der Waals surface area contributed by atoms with Crippen LogP contribution in [0.5, 0.6) is 5.88 Å². The molecule has 0 saturated carbocycles. The lowest BCUT2D eigenvalue weighted by Crippen LogP contribution is -2.24. The van der Waals surface area contributed by atoms with E-state index in [2.05, 4.69) is 43.0 Å². The van der Waals surface area contributed by atoms with E-state index in [0.29, 0.717) is 12.6 Å². The van der Waals surface area contributed by atoms with Crippen LogP contribution >= 0.6 is 11.3 Å². The van der Waals surface area contributed by atoms with Gasteiger partial charge < -0.3 is 10.1 Å². The zero-order chi connectivity index (χ0) is 13.8. The van der Waals surface area contributed by atoms with Crippen LogP contribution in [0, 0.1) is 13.8 Å². The molecule has 0 aromatic carbocycles. The third kappa shape index (κ3) is 3.42. The van der Waals surface area contributed by atoms with Gasteiger partial charge >= 0.3 is 0 Å². The van der Waals surface area contributed by atoms with E-state index in [1.165, 1.54) is 10.4 Å². The molecule has 0 radical (unpaired) electrons. The van der Waals surface area contributed by atoms with E-state index in [4.69, 9.17) is 4.74 Å². The van der Waals surface area contributed by atoms with Crippen LogP contribution in [0.2, 0.25) is 0 Å². The molecule has 1 N–H and O–H groups in total. The summed E-state index contributed by atoms with van der Waals surface area (Å²) in [6, 6.07) is 0.521. The molecule has 0 saturated heterocycles. The van der Waals surface area contributed by atoms with Crippen molar-refractivity contribution in [1.29, 1.82) is 0 Å². The second kappa shape index (κ2) is 6.30. The van der Waals surface area contributed by atoms with Crippen LogP contribution in [0.15, 0.2) is 6.33 Å². The molecule has 4 nitrogen and oxygen atoms in total. The monoisotopic (exact) mass is 279 g/mol. The summed E-state index contributed by atoms with van der Waals surface area (Å²) in [4.78, 5) is 10.9. The summed E-state index contributed by atoms with van der Waals surface area (Å²) in [7, 11) is 0. The Morgan fingerprint density at radius 1 is 1.32 bits per heavy atom. The second-order valence-corrected chi connectivity index (χ2v) is 6.16. The smallest absolute Gasteiger partial charge is 0.225 e. The zero-order valence-corrected chi connectivity index (χ0v) is 12.8. The second-order valence-electron chi connectivity index (χ2n) is 4.95. The maximum atomic E-state index is 5.81. The molecule has 0 fully saturated rings. The lowest BCUT2D eigenvalue weighted by Gasteiger charge is -2.09. The number of aryl methyl sites for hydroxylation is 2. The Balaban J connectivity index is 2.01. The summed E-state index contributed by atoms with van der Waals surface area (Å²) >= 11 is 1.70. The van der Waals surface area contributed by atoms with Crippen LogP contribution in [0.25, 0.3) is 10.2 Å². The van der Waals surface area contributed by atoms with Gasteiger partial charge in [-0.25, -0.2) is 9.97 Å². The molecular weight excluding hydrogens is 258 g/mol. The van der Waals surface area contributed by atoms with E-state index in [9.17, 15) is 0 Å². The molecule has 0 aliphatic rings. The van der Waals surface area contributed by atoms with Crippen molar-refractivity contribution < 1.29 is 4.74 Å². The average Bonchev–Trinajstić information content (AvgIpc) is 2.65. The van der Waals surface area contributed by atoms with Gasteiger partial charge in [0, 0.05) is 10.9 Å². The quantitative estimate of drug-likeness (QED) is 0.826. The molecule has 104 valence electrons. The number of fused-ring (bicyclic) bond motifs is 1. The van der Waals surface area contributed by atoms with E-state index < -0.39 is 0 Å². The molecule has 0 atom stereocenters. The number of thiophene rings is 1. The van der Waals surface area contributed by atoms with Gasteiger partial charge in [0.1, 0.15) is 11.2 Å². The summed E-state index contributed by atoms with van der Waals surface area (Å²) in [5, 5.41) is 4.44. The lowest BCUT2D eigenvalue weighted by atomic mass is 10.2. The van der Waals surface area contributed by atoms with Crippen LogP contribution < -0.4 is 10.1 Å². The number of aromatic nitrogens is 2. The van der Waals surface area contributed by atoms with Gasteiger partial charge in [-0.2, -0.15) is 0 Å². The van der Waals surface area contributed by atoms with Crippen molar-refractivity contribution in [3.8, 4) is 5.88 Å². The number of nitrogens with zero attached hydrogens (tertiary/aromatic N) is 2. The first-order valence-electron chi connectivity index (χ1n) is 6.66. The minimum Gasteiger partial charge on any atom is -0.477 e. The molecule has 0 aliphatic heterocycles.